The van der Waals surface area contributed by atoms with Crippen LogP contribution in [0.1, 0.15) is 64.9 Å². The van der Waals surface area contributed by atoms with Gasteiger partial charge in [0.05, 0.1) is 7.11 Å². The first-order valence-electron chi connectivity index (χ1n) is 12.7. The predicted octanol–water partition coefficient (Wildman–Crippen LogP) is 5.63. The van der Waals surface area contributed by atoms with E-state index in [-0.39, 0.29) is 11.9 Å². The Labute approximate surface area is 198 Å². The third-order valence-electron chi connectivity index (χ3n) is 8.55. The Hall–Kier alpha value is -2.36. The van der Waals surface area contributed by atoms with E-state index in [1.54, 1.807) is 5.57 Å². The summed E-state index contributed by atoms with van der Waals surface area (Å²) in [5.41, 5.74) is 3.62. The fourth-order valence-corrected chi connectivity index (χ4v) is 6.54. The average Bonchev–Trinajstić information content (AvgIpc) is 2.83. The van der Waals surface area contributed by atoms with Crippen molar-refractivity contribution in [3.05, 3.63) is 59.2 Å². The topological polar surface area (TPSA) is 55.4 Å². The van der Waals surface area contributed by atoms with E-state index in [2.05, 4.69) is 38.2 Å². The number of benzene rings is 1. The number of esters is 1. The zero-order valence-electron chi connectivity index (χ0n) is 20.6. The lowest BCUT2D eigenvalue weighted by Crippen LogP contribution is -2.55. The van der Waals surface area contributed by atoms with Crippen molar-refractivity contribution in [2.45, 2.75) is 71.8 Å². The van der Waals surface area contributed by atoms with Gasteiger partial charge in [-0.2, -0.15) is 0 Å². The summed E-state index contributed by atoms with van der Waals surface area (Å²) in [6.45, 7) is 6.70. The molecule has 1 N–H and O–H groups in total. The van der Waals surface area contributed by atoms with E-state index < -0.39 is 11.5 Å². The molecule has 1 fully saturated rings. The van der Waals surface area contributed by atoms with E-state index in [0.717, 1.165) is 24.8 Å². The number of rotatable bonds is 6. The molecule has 1 aromatic carbocycles. The first-order chi connectivity index (χ1) is 15.8. The molecule has 3 aliphatic carbocycles. The molecule has 3 aliphatic rings. The number of allylic oxidation sites excluding steroid dienone is 4. The SMILES string of the molecule is COC(=O)[C@H](Cc1ccccc1)NC(=O)[C@]1(C)CCC[C@H]2[C@H]1CC=C1C=C(C(C)C)CC[C@@H]12. The molecule has 0 aliphatic heterocycles. The van der Waals surface area contributed by atoms with Crippen molar-refractivity contribution in [3.8, 4) is 0 Å². The van der Waals surface area contributed by atoms with Gasteiger partial charge >= 0.3 is 5.97 Å². The van der Waals surface area contributed by atoms with Gasteiger partial charge in [-0.3, -0.25) is 4.79 Å². The summed E-state index contributed by atoms with van der Waals surface area (Å²) in [5, 5.41) is 3.11. The standard InChI is InChI=1S/C29H39NO3/c1-19(2)21-12-14-23-22(18-21)13-15-25-24(23)11-8-16-29(25,3)28(32)30-26(27(31)33-4)17-20-9-6-5-7-10-20/h5-7,9-10,13,18-19,23-26H,8,11-12,14-17H2,1-4H3,(H,30,32)/t23-,24+,25+,26-,29+/m0/s1. The van der Waals surface area contributed by atoms with E-state index in [1.807, 2.05) is 30.3 Å². The van der Waals surface area contributed by atoms with E-state index in [4.69, 9.17) is 4.74 Å². The lowest BCUT2D eigenvalue weighted by molar-refractivity contribution is -0.149. The van der Waals surface area contributed by atoms with Crippen molar-refractivity contribution in [3.63, 3.8) is 0 Å². The van der Waals surface area contributed by atoms with Crippen molar-refractivity contribution in [1.82, 2.24) is 5.32 Å². The summed E-state index contributed by atoms with van der Waals surface area (Å²) in [6.07, 6.45) is 11.8. The van der Waals surface area contributed by atoms with Crippen LogP contribution in [0.2, 0.25) is 0 Å². The van der Waals surface area contributed by atoms with Crippen LogP contribution in [0.15, 0.2) is 53.6 Å². The van der Waals surface area contributed by atoms with Crippen LogP contribution in [-0.4, -0.2) is 25.0 Å². The molecule has 0 bridgehead atoms. The van der Waals surface area contributed by atoms with Crippen LogP contribution < -0.4 is 5.32 Å². The third-order valence-corrected chi connectivity index (χ3v) is 8.55. The maximum atomic E-state index is 13.7. The average molecular weight is 450 g/mol. The van der Waals surface area contributed by atoms with Crippen LogP contribution in [0, 0.1) is 29.1 Å². The molecule has 1 saturated carbocycles. The number of carbonyl (C=O) groups excluding carboxylic acids is 2. The van der Waals surface area contributed by atoms with Crippen LogP contribution >= 0.6 is 0 Å². The number of fused-ring (bicyclic) bond motifs is 3. The highest BCUT2D eigenvalue weighted by molar-refractivity contribution is 5.88. The second-order valence-electron chi connectivity index (χ2n) is 10.8. The van der Waals surface area contributed by atoms with Crippen LogP contribution in [0.4, 0.5) is 0 Å². The summed E-state index contributed by atoms with van der Waals surface area (Å²) in [5.74, 6) is 1.67. The van der Waals surface area contributed by atoms with Crippen molar-refractivity contribution in [2.75, 3.05) is 7.11 Å². The molecule has 33 heavy (non-hydrogen) atoms. The van der Waals surface area contributed by atoms with Gasteiger partial charge in [0.15, 0.2) is 0 Å². The van der Waals surface area contributed by atoms with Gasteiger partial charge in [-0.25, -0.2) is 4.79 Å². The normalized spacial score (nSPS) is 29.8. The van der Waals surface area contributed by atoms with Gasteiger partial charge in [-0.15, -0.1) is 0 Å². The highest BCUT2D eigenvalue weighted by Crippen LogP contribution is 2.55. The molecule has 4 nitrogen and oxygen atoms in total. The van der Waals surface area contributed by atoms with E-state index in [1.165, 1.54) is 31.9 Å². The van der Waals surface area contributed by atoms with Crippen LogP contribution in [0.3, 0.4) is 0 Å². The molecule has 0 heterocycles. The monoisotopic (exact) mass is 449 g/mol. The second-order valence-corrected chi connectivity index (χ2v) is 10.8. The summed E-state index contributed by atoms with van der Waals surface area (Å²) in [4.78, 5) is 26.3. The molecule has 0 radical (unpaired) electrons. The Morgan fingerprint density at radius 3 is 2.64 bits per heavy atom. The zero-order chi connectivity index (χ0) is 23.6. The van der Waals surface area contributed by atoms with E-state index >= 15 is 0 Å². The molecular weight excluding hydrogens is 410 g/mol. The molecule has 4 rings (SSSR count). The number of hydrogen-bond acceptors (Lipinski definition) is 3. The van der Waals surface area contributed by atoms with E-state index in [0.29, 0.717) is 30.1 Å². The Morgan fingerprint density at radius 2 is 1.94 bits per heavy atom. The fourth-order valence-electron chi connectivity index (χ4n) is 6.54. The van der Waals surface area contributed by atoms with Crippen LogP contribution in [-0.2, 0) is 20.7 Å². The Bertz CT molecular complexity index is 931. The zero-order valence-corrected chi connectivity index (χ0v) is 20.6. The first kappa shape index (κ1) is 23.8. The quantitative estimate of drug-likeness (QED) is 0.573. The minimum Gasteiger partial charge on any atom is -0.467 e. The first-order valence-corrected chi connectivity index (χ1v) is 12.7. The maximum Gasteiger partial charge on any atom is 0.328 e. The number of methoxy groups -OCH3 is 1. The van der Waals surface area contributed by atoms with Gasteiger partial charge in [0.1, 0.15) is 6.04 Å². The van der Waals surface area contributed by atoms with Crippen molar-refractivity contribution in [2.24, 2.45) is 29.1 Å². The fraction of sp³-hybridized carbons (Fsp3) is 0.586. The molecule has 0 spiro atoms. The Kier molecular flexibility index (Phi) is 7.11. The number of amides is 1. The lowest BCUT2D eigenvalue weighted by Gasteiger charge is -2.51. The van der Waals surface area contributed by atoms with Gasteiger partial charge in [0, 0.05) is 11.8 Å². The molecule has 5 atom stereocenters. The van der Waals surface area contributed by atoms with Crippen molar-refractivity contribution < 1.29 is 14.3 Å². The smallest absolute Gasteiger partial charge is 0.328 e. The van der Waals surface area contributed by atoms with Crippen molar-refractivity contribution in [1.29, 1.82) is 0 Å². The molecule has 4 heteroatoms. The van der Waals surface area contributed by atoms with Gasteiger partial charge in [-0.1, -0.05) is 75.2 Å². The number of hydrogen-bond donors (Lipinski definition) is 1. The van der Waals surface area contributed by atoms with Gasteiger partial charge in [0.25, 0.3) is 0 Å². The molecule has 0 aromatic heterocycles. The molecule has 0 unspecified atom stereocenters. The summed E-state index contributed by atoms with van der Waals surface area (Å²) in [7, 11) is 1.39. The molecular formula is C29H39NO3. The van der Waals surface area contributed by atoms with Crippen molar-refractivity contribution >= 4 is 11.9 Å². The minimum absolute atomic E-state index is 0.00889. The predicted molar refractivity (Wildman–Crippen MR) is 131 cm³/mol. The van der Waals surface area contributed by atoms with Gasteiger partial charge in [0.2, 0.25) is 5.91 Å². The van der Waals surface area contributed by atoms with Crippen LogP contribution in [0.25, 0.3) is 0 Å². The minimum atomic E-state index is -0.664. The molecule has 178 valence electrons. The summed E-state index contributed by atoms with van der Waals surface area (Å²) in [6, 6.07) is 9.16. The van der Waals surface area contributed by atoms with Crippen LogP contribution in [0.5, 0.6) is 0 Å². The van der Waals surface area contributed by atoms with Gasteiger partial charge < -0.3 is 10.1 Å². The summed E-state index contributed by atoms with van der Waals surface area (Å²) < 4.78 is 5.04. The highest BCUT2D eigenvalue weighted by atomic mass is 16.5. The maximum absolute atomic E-state index is 13.7. The Balaban J connectivity index is 1.54. The van der Waals surface area contributed by atoms with E-state index in [9.17, 15) is 9.59 Å². The molecule has 0 saturated heterocycles. The largest absolute Gasteiger partial charge is 0.467 e. The summed E-state index contributed by atoms with van der Waals surface area (Å²) >= 11 is 0. The number of carbonyl (C=O) groups is 2. The lowest BCUT2D eigenvalue weighted by atomic mass is 9.53. The third kappa shape index (κ3) is 4.81. The van der Waals surface area contributed by atoms with Gasteiger partial charge in [-0.05, 0) is 66.9 Å². The second kappa shape index (κ2) is 9.87. The molecule has 1 amide bonds. The highest BCUT2D eigenvalue weighted by Gasteiger charge is 2.51. The Morgan fingerprint density at radius 1 is 1.18 bits per heavy atom. The number of nitrogens with one attached hydrogen (secondary N) is 1. The molecule has 1 aromatic rings. The number of ether oxygens (including phenoxy) is 1.